The third-order valence-electron chi connectivity index (χ3n) is 3.50. The third kappa shape index (κ3) is 4.76. The standard InChI is InChI=1S/C19H24N2O4S/c1-4-25-18-13-9-8-12-17(18)21(14-19(22)20-15(2)3)26(23,24)16-10-6-5-7-11-16/h5-13,15H,4,14H2,1-3H3,(H,20,22). The number of ether oxygens (including phenoxy) is 1. The third-order valence-corrected chi connectivity index (χ3v) is 5.28. The number of carbonyl (C=O) groups excluding carboxylic acids is 1. The molecule has 0 atom stereocenters. The van der Waals surface area contributed by atoms with Crippen molar-refractivity contribution in [2.45, 2.75) is 31.7 Å². The van der Waals surface area contributed by atoms with Crippen LogP contribution in [-0.2, 0) is 14.8 Å². The van der Waals surface area contributed by atoms with E-state index in [0.717, 1.165) is 4.31 Å². The van der Waals surface area contributed by atoms with Crippen LogP contribution in [0.1, 0.15) is 20.8 Å². The molecule has 0 saturated heterocycles. The molecule has 1 N–H and O–H groups in total. The van der Waals surface area contributed by atoms with Crippen molar-refractivity contribution in [1.82, 2.24) is 5.32 Å². The highest BCUT2D eigenvalue weighted by molar-refractivity contribution is 7.92. The molecule has 0 radical (unpaired) electrons. The molecule has 0 fully saturated rings. The van der Waals surface area contributed by atoms with E-state index in [1.807, 2.05) is 20.8 Å². The lowest BCUT2D eigenvalue weighted by atomic mass is 10.3. The van der Waals surface area contributed by atoms with Gasteiger partial charge in [0.05, 0.1) is 17.2 Å². The maximum atomic E-state index is 13.2. The number of amides is 1. The van der Waals surface area contributed by atoms with E-state index in [4.69, 9.17) is 4.74 Å². The molecule has 6 nitrogen and oxygen atoms in total. The second-order valence-electron chi connectivity index (χ2n) is 5.95. The molecule has 26 heavy (non-hydrogen) atoms. The predicted molar refractivity (Wildman–Crippen MR) is 102 cm³/mol. The number of nitrogens with zero attached hydrogens (tertiary/aromatic N) is 1. The minimum absolute atomic E-state index is 0.0917. The number of hydrogen-bond acceptors (Lipinski definition) is 4. The van der Waals surface area contributed by atoms with Crippen LogP contribution in [0.4, 0.5) is 5.69 Å². The fourth-order valence-electron chi connectivity index (χ4n) is 2.46. The average molecular weight is 376 g/mol. The summed E-state index contributed by atoms with van der Waals surface area (Å²) in [5.74, 6) is 0.0256. The first-order chi connectivity index (χ1) is 12.4. The summed E-state index contributed by atoms with van der Waals surface area (Å²) in [5, 5.41) is 2.73. The monoisotopic (exact) mass is 376 g/mol. The van der Waals surface area contributed by atoms with Gasteiger partial charge in [0.25, 0.3) is 10.0 Å². The fourth-order valence-corrected chi connectivity index (χ4v) is 3.91. The van der Waals surface area contributed by atoms with Gasteiger partial charge in [-0.3, -0.25) is 9.10 Å². The molecule has 0 aliphatic carbocycles. The van der Waals surface area contributed by atoms with Gasteiger partial charge in [-0.05, 0) is 45.0 Å². The van der Waals surface area contributed by atoms with Crippen LogP contribution in [0.25, 0.3) is 0 Å². The van der Waals surface area contributed by atoms with Gasteiger partial charge in [-0.1, -0.05) is 30.3 Å². The van der Waals surface area contributed by atoms with Crippen LogP contribution in [0, 0.1) is 0 Å². The number of benzene rings is 2. The van der Waals surface area contributed by atoms with Crippen molar-refractivity contribution in [1.29, 1.82) is 0 Å². The molecular weight excluding hydrogens is 352 g/mol. The van der Waals surface area contributed by atoms with Crippen LogP contribution in [0.2, 0.25) is 0 Å². The number of nitrogens with one attached hydrogen (secondary N) is 1. The Morgan fingerprint density at radius 3 is 2.31 bits per heavy atom. The Hall–Kier alpha value is -2.54. The largest absolute Gasteiger partial charge is 0.492 e. The second-order valence-corrected chi connectivity index (χ2v) is 7.81. The van der Waals surface area contributed by atoms with Gasteiger partial charge < -0.3 is 10.1 Å². The molecule has 0 saturated carbocycles. The van der Waals surface area contributed by atoms with E-state index in [2.05, 4.69) is 5.32 Å². The number of carbonyl (C=O) groups is 1. The topological polar surface area (TPSA) is 75.7 Å². The van der Waals surface area contributed by atoms with Gasteiger partial charge in [0.15, 0.2) is 0 Å². The Morgan fingerprint density at radius 2 is 1.69 bits per heavy atom. The molecule has 0 spiro atoms. The highest BCUT2D eigenvalue weighted by Gasteiger charge is 2.29. The summed E-state index contributed by atoms with van der Waals surface area (Å²) in [4.78, 5) is 12.4. The highest BCUT2D eigenvalue weighted by Crippen LogP contribution is 2.32. The van der Waals surface area contributed by atoms with Crippen LogP contribution in [0.5, 0.6) is 5.75 Å². The molecule has 2 aromatic rings. The normalized spacial score (nSPS) is 11.2. The van der Waals surface area contributed by atoms with Gasteiger partial charge in [0.1, 0.15) is 12.3 Å². The zero-order valence-electron chi connectivity index (χ0n) is 15.2. The average Bonchev–Trinajstić information content (AvgIpc) is 2.61. The minimum atomic E-state index is -3.93. The van der Waals surface area contributed by atoms with Crippen LogP contribution in [0.15, 0.2) is 59.5 Å². The lowest BCUT2D eigenvalue weighted by Gasteiger charge is -2.26. The van der Waals surface area contributed by atoms with Gasteiger partial charge >= 0.3 is 0 Å². The Balaban J connectivity index is 2.51. The van der Waals surface area contributed by atoms with E-state index in [0.29, 0.717) is 18.0 Å². The molecule has 0 heterocycles. The van der Waals surface area contributed by atoms with E-state index in [-0.39, 0.29) is 23.4 Å². The van der Waals surface area contributed by atoms with Gasteiger partial charge in [0.2, 0.25) is 5.91 Å². The summed E-state index contributed by atoms with van der Waals surface area (Å²) in [6.45, 7) is 5.51. The maximum absolute atomic E-state index is 13.2. The van der Waals surface area contributed by atoms with Gasteiger partial charge in [-0.15, -0.1) is 0 Å². The molecule has 0 aliphatic heterocycles. The quantitative estimate of drug-likeness (QED) is 0.769. The van der Waals surface area contributed by atoms with Gasteiger partial charge in [-0.25, -0.2) is 8.42 Å². The van der Waals surface area contributed by atoms with Crippen molar-refractivity contribution in [2.75, 3.05) is 17.5 Å². The number of rotatable bonds is 8. The second kappa shape index (κ2) is 8.71. The molecule has 7 heteroatoms. The Morgan fingerprint density at radius 1 is 1.08 bits per heavy atom. The summed E-state index contributed by atoms with van der Waals surface area (Å²) in [6.07, 6.45) is 0. The first-order valence-corrected chi connectivity index (χ1v) is 9.89. The zero-order valence-corrected chi connectivity index (χ0v) is 16.0. The van der Waals surface area contributed by atoms with Gasteiger partial charge in [-0.2, -0.15) is 0 Å². The summed E-state index contributed by atoms with van der Waals surface area (Å²) < 4.78 is 33.1. The lowest BCUT2D eigenvalue weighted by Crippen LogP contribution is -2.43. The van der Waals surface area contributed by atoms with Crippen LogP contribution in [-0.4, -0.2) is 33.5 Å². The van der Waals surface area contributed by atoms with E-state index in [1.165, 1.54) is 12.1 Å². The molecule has 0 aliphatic rings. The van der Waals surface area contributed by atoms with Crippen molar-refractivity contribution < 1.29 is 17.9 Å². The van der Waals surface area contributed by atoms with Gasteiger partial charge in [0, 0.05) is 6.04 Å². The maximum Gasteiger partial charge on any atom is 0.264 e. The molecule has 2 aromatic carbocycles. The Kier molecular flexibility index (Phi) is 6.63. The number of anilines is 1. The summed E-state index contributed by atoms with van der Waals surface area (Å²) >= 11 is 0. The summed E-state index contributed by atoms with van der Waals surface area (Å²) in [7, 11) is -3.93. The Bertz CT molecular complexity index is 836. The van der Waals surface area contributed by atoms with Crippen LogP contribution < -0.4 is 14.4 Å². The van der Waals surface area contributed by atoms with Crippen molar-refractivity contribution >= 4 is 21.6 Å². The smallest absolute Gasteiger partial charge is 0.264 e. The first-order valence-electron chi connectivity index (χ1n) is 8.45. The first kappa shape index (κ1) is 19.8. The number of hydrogen-bond donors (Lipinski definition) is 1. The van der Waals surface area contributed by atoms with Crippen molar-refractivity contribution in [2.24, 2.45) is 0 Å². The molecule has 1 amide bonds. The molecule has 0 bridgehead atoms. The minimum Gasteiger partial charge on any atom is -0.492 e. The molecular formula is C19H24N2O4S. The van der Waals surface area contributed by atoms with E-state index >= 15 is 0 Å². The highest BCUT2D eigenvalue weighted by atomic mass is 32.2. The van der Waals surface area contributed by atoms with Crippen LogP contribution >= 0.6 is 0 Å². The number of para-hydroxylation sites is 2. The Labute approximate surface area is 154 Å². The predicted octanol–water partition coefficient (Wildman–Crippen LogP) is 2.81. The summed E-state index contributed by atoms with van der Waals surface area (Å²) in [6, 6.07) is 14.7. The molecule has 140 valence electrons. The summed E-state index contributed by atoms with van der Waals surface area (Å²) in [5.41, 5.74) is 0.331. The lowest BCUT2D eigenvalue weighted by molar-refractivity contribution is -0.120. The molecule has 2 rings (SSSR count). The van der Waals surface area contributed by atoms with Crippen LogP contribution in [0.3, 0.4) is 0 Å². The zero-order chi connectivity index (χ0) is 19.2. The van der Waals surface area contributed by atoms with E-state index < -0.39 is 10.0 Å². The number of sulfonamides is 1. The SMILES string of the molecule is CCOc1ccccc1N(CC(=O)NC(C)C)S(=O)(=O)c1ccccc1. The molecule has 0 aromatic heterocycles. The molecule has 0 unspecified atom stereocenters. The van der Waals surface area contributed by atoms with E-state index in [1.54, 1.807) is 42.5 Å². The van der Waals surface area contributed by atoms with Crippen molar-refractivity contribution in [3.63, 3.8) is 0 Å². The van der Waals surface area contributed by atoms with E-state index in [9.17, 15) is 13.2 Å². The van der Waals surface area contributed by atoms with Crippen molar-refractivity contribution in [3.05, 3.63) is 54.6 Å². The van der Waals surface area contributed by atoms with Crippen molar-refractivity contribution in [3.8, 4) is 5.75 Å². The fraction of sp³-hybridized carbons (Fsp3) is 0.316.